The zero-order valence-electron chi connectivity index (χ0n) is 17.8. The van der Waals surface area contributed by atoms with E-state index in [0.29, 0.717) is 24.5 Å². The van der Waals surface area contributed by atoms with Crippen molar-refractivity contribution >= 4 is 39.2 Å². The van der Waals surface area contributed by atoms with Crippen LogP contribution in [0.5, 0.6) is 5.75 Å². The van der Waals surface area contributed by atoms with Crippen LogP contribution in [0, 0.1) is 0 Å². The lowest BCUT2D eigenvalue weighted by atomic mass is 9.97. The van der Waals surface area contributed by atoms with Gasteiger partial charge in [0.2, 0.25) is 5.91 Å². The maximum atomic E-state index is 12.7. The number of amides is 1. The minimum Gasteiger partial charge on any atom is -0.496 e. The van der Waals surface area contributed by atoms with Crippen molar-refractivity contribution in [2.45, 2.75) is 50.0 Å². The van der Waals surface area contributed by atoms with E-state index in [0.717, 1.165) is 40.8 Å². The highest BCUT2D eigenvalue weighted by atomic mass is 32.2. The summed E-state index contributed by atoms with van der Waals surface area (Å²) in [5.41, 5.74) is 2.22. The molecule has 0 spiro atoms. The molecule has 0 saturated heterocycles. The normalized spacial score (nSPS) is 14.3. The number of thiophene rings is 1. The zero-order chi connectivity index (χ0) is 21.8. The van der Waals surface area contributed by atoms with Gasteiger partial charge in [0.1, 0.15) is 16.4 Å². The number of H-pyrrole nitrogens is 1. The Labute approximate surface area is 189 Å². The molecule has 2 heterocycles. The predicted octanol–water partition coefficient (Wildman–Crippen LogP) is 3.85. The predicted molar refractivity (Wildman–Crippen MR) is 127 cm³/mol. The molecule has 0 saturated carbocycles. The molecule has 1 aliphatic carbocycles. The van der Waals surface area contributed by atoms with Crippen LogP contribution in [0.4, 0.5) is 0 Å². The van der Waals surface area contributed by atoms with Gasteiger partial charge in [0.05, 0.1) is 23.5 Å². The van der Waals surface area contributed by atoms with Crippen LogP contribution >= 0.6 is 23.1 Å². The van der Waals surface area contributed by atoms with Gasteiger partial charge < -0.3 is 15.0 Å². The first-order valence-electron chi connectivity index (χ1n) is 10.6. The van der Waals surface area contributed by atoms with E-state index in [1.54, 1.807) is 18.4 Å². The summed E-state index contributed by atoms with van der Waals surface area (Å²) in [5, 5.41) is 3.52. The van der Waals surface area contributed by atoms with E-state index in [-0.39, 0.29) is 16.7 Å². The molecule has 0 bridgehead atoms. The van der Waals surface area contributed by atoms with Crippen LogP contribution in [-0.2, 0) is 29.8 Å². The molecule has 0 unspecified atom stereocenters. The second kappa shape index (κ2) is 9.87. The molecule has 6 nitrogen and oxygen atoms in total. The number of aromatic nitrogens is 2. The number of carbonyl (C=O) groups excluding carboxylic acids is 1. The smallest absolute Gasteiger partial charge is 0.259 e. The third-order valence-electron chi connectivity index (χ3n) is 5.60. The number of aromatic amines is 1. The molecule has 1 atom stereocenters. The quantitative estimate of drug-likeness (QED) is 0.537. The molecule has 2 N–H and O–H groups in total. The standard InChI is InChI=1S/C23H27N3O3S2/c1-14(21(27)24-12-11-15-7-3-5-9-17(15)29-2)30-13-19-25-22(28)20-16-8-4-6-10-18(16)31-23(20)26-19/h3,5,7,9,14H,4,6,8,10-13H2,1-2H3,(H,24,27)(H,25,26,28)/t14-/m1/s1. The van der Waals surface area contributed by atoms with Gasteiger partial charge >= 0.3 is 0 Å². The Morgan fingerprint density at radius 1 is 1.32 bits per heavy atom. The second-order valence-corrected chi connectivity index (χ2v) is 10.1. The molecule has 8 heteroatoms. The summed E-state index contributed by atoms with van der Waals surface area (Å²) in [6.07, 6.45) is 5.05. The Morgan fingerprint density at radius 3 is 2.97 bits per heavy atom. The largest absolute Gasteiger partial charge is 0.496 e. The third kappa shape index (κ3) is 4.96. The second-order valence-electron chi connectivity index (χ2n) is 7.71. The summed E-state index contributed by atoms with van der Waals surface area (Å²) in [6.45, 7) is 2.43. The first-order chi connectivity index (χ1) is 15.1. The van der Waals surface area contributed by atoms with Crippen molar-refractivity contribution in [1.29, 1.82) is 0 Å². The highest BCUT2D eigenvalue weighted by Gasteiger charge is 2.20. The summed E-state index contributed by atoms with van der Waals surface area (Å²) in [5.74, 6) is 1.94. The number of nitrogens with one attached hydrogen (secondary N) is 2. The monoisotopic (exact) mass is 457 g/mol. The molecule has 0 aliphatic heterocycles. The maximum absolute atomic E-state index is 12.7. The summed E-state index contributed by atoms with van der Waals surface area (Å²) in [6, 6.07) is 7.82. The summed E-state index contributed by atoms with van der Waals surface area (Å²) < 4.78 is 5.35. The van der Waals surface area contributed by atoms with E-state index < -0.39 is 0 Å². The van der Waals surface area contributed by atoms with Gasteiger partial charge in [0, 0.05) is 11.4 Å². The highest BCUT2D eigenvalue weighted by Crippen LogP contribution is 2.33. The average molecular weight is 458 g/mol. The minimum atomic E-state index is -0.241. The van der Waals surface area contributed by atoms with Crippen LogP contribution in [-0.4, -0.2) is 34.8 Å². The maximum Gasteiger partial charge on any atom is 0.259 e. The highest BCUT2D eigenvalue weighted by molar-refractivity contribution is 7.99. The molecule has 1 aromatic carbocycles. The Balaban J connectivity index is 1.32. The Hall–Kier alpha value is -2.32. The lowest BCUT2D eigenvalue weighted by Gasteiger charge is -2.13. The van der Waals surface area contributed by atoms with Gasteiger partial charge in [-0.05, 0) is 56.2 Å². The molecule has 3 aromatic rings. The van der Waals surface area contributed by atoms with Crippen LogP contribution < -0.4 is 15.6 Å². The molecule has 164 valence electrons. The van der Waals surface area contributed by atoms with Crippen molar-refractivity contribution in [3.05, 3.63) is 56.4 Å². The van der Waals surface area contributed by atoms with Crippen LogP contribution in [0.3, 0.4) is 0 Å². The van der Waals surface area contributed by atoms with Crippen molar-refractivity contribution in [3.63, 3.8) is 0 Å². The van der Waals surface area contributed by atoms with E-state index in [9.17, 15) is 9.59 Å². The van der Waals surface area contributed by atoms with Gasteiger partial charge in [-0.2, -0.15) is 0 Å². The van der Waals surface area contributed by atoms with Crippen molar-refractivity contribution in [2.75, 3.05) is 13.7 Å². The third-order valence-corrected chi connectivity index (χ3v) is 7.94. The summed E-state index contributed by atoms with van der Waals surface area (Å²) >= 11 is 3.13. The number of aryl methyl sites for hydroxylation is 2. The number of carbonyl (C=O) groups is 1. The van der Waals surface area contributed by atoms with Crippen molar-refractivity contribution < 1.29 is 9.53 Å². The molecule has 0 radical (unpaired) electrons. The molecule has 0 fully saturated rings. The average Bonchev–Trinajstić information content (AvgIpc) is 3.16. The molecule has 2 aromatic heterocycles. The van der Waals surface area contributed by atoms with Crippen molar-refractivity contribution in [1.82, 2.24) is 15.3 Å². The Bertz CT molecular complexity index is 1140. The van der Waals surface area contributed by atoms with Crippen LogP contribution in [0.15, 0.2) is 29.1 Å². The molecule has 31 heavy (non-hydrogen) atoms. The van der Waals surface area contributed by atoms with E-state index in [4.69, 9.17) is 4.74 Å². The van der Waals surface area contributed by atoms with Gasteiger partial charge in [-0.1, -0.05) is 18.2 Å². The molecular formula is C23H27N3O3S2. The minimum absolute atomic E-state index is 0.0186. The van der Waals surface area contributed by atoms with Gasteiger partial charge in [0.15, 0.2) is 0 Å². The number of benzene rings is 1. The van der Waals surface area contributed by atoms with Gasteiger partial charge in [-0.15, -0.1) is 23.1 Å². The van der Waals surface area contributed by atoms with E-state index in [2.05, 4.69) is 15.3 Å². The van der Waals surface area contributed by atoms with E-state index in [1.807, 2.05) is 31.2 Å². The number of rotatable bonds is 8. The van der Waals surface area contributed by atoms with Crippen molar-refractivity contribution in [3.8, 4) is 5.75 Å². The van der Waals surface area contributed by atoms with Gasteiger partial charge in [-0.25, -0.2) is 4.98 Å². The molecule has 4 rings (SSSR count). The number of hydrogen-bond acceptors (Lipinski definition) is 6. The van der Waals surface area contributed by atoms with Gasteiger partial charge in [0.25, 0.3) is 5.56 Å². The molecular weight excluding hydrogens is 430 g/mol. The molecule has 1 aliphatic rings. The van der Waals surface area contributed by atoms with Crippen molar-refractivity contribution in [2.24, 2.45) is 0 Å². The lowest BCUT2D eigenvalue weighted by molar-refractivity contribution is -0.120. The number of thioether (sulfide) groups is 1. The molecule has 1 amide bonds. The van der Waals surface area contributed by atoms with Crippen LogP contribution in [0.25, 0.3) is 10.2 Å². The first-order valence-corrected chi connectivity index (χ1v) is 12.5. The SMILES string of the molecule is COc1ccccc1CCNC(=O)[C@@H](C)SCc1nc2sc3c(c2c(=O)[nH]1)CCCC3. The van der Waals surface area contributed by atoms with E-state index >= 15 is 0 Å². The number of hydrogen-bond donors (Lipinski definition) is 2. The van der Waals surface area contributed by atoms with Crippen LogP contribution in [0.2, 0.25) is 0 Å². The first kappa shape index (κ1) is 21.9. The number of para-hydroxylation sites is 1. The zero-order valence-corrected chi connectivity index (χ0v) is 19.5. The lowest BCUT2D eigenvalue weighted by Crippen LogP contribution is -2.32. The number of methoxy groups -OCH3 is 1. The van der Waals surface area contributed by atoms with E-state index in [1.165, 1.54) is 28.6 Å². The Morgan fingerprint density at radius 2 is 2.13 bits per heavy atom. The van der Waals surface area contributed by atoms with Gasteiger partial charge in [-0.3, -0.25) is 9.59 Å². The number of fused-ring (bicyclic) bond motifs is 3. The summed E-state index contributed by atoms with van der Waals surface area (Å²) in [7, 11) is 1.65. The summed E-state index contributed by atoms with van der Waals surface area (Å²) in [4.78, 5) is 34.9. The number of nitrogens with zero attached hydrogens (tertiary/aromatic N) is 1. The topological polar surface area (TPSA) is 84.1 Å². The fourth-order valence-corrected chi connectivity index (χ4v) is 5.99. The Kier molecular flexibility index (Phi) is 6.97. The number of ether oxygens (including phenoxy) is 1. The fourth-order valence-electron chi connectivity index (χ4n) is 3.93. The van der Waals surface area contributed by atoms with Crippen LogP contribution in [0.1, 0.15) is 41.6 Å². The fraction of sp³-hybridized carbons (Fsp3) is 0.435.